The molecule has 122 valence electrons. The molecule has 3 N–H and O–H groups in total. The summed E-state index contributed by atoms with van der Waals surface area (Å²) in [6.07, 6.45) is -1.43. The standard InChI is InChI=1S/C13H18N2O5S2/c16-6-7-9(18)10(19)12(20-7)15-3-2-8(17)14-11(15)13-21-4-1-5-22-13/h2-3,7,9-10,12-13,16,18-19H,1,4-6H2/t7-,9-,10-,12+/m1/s1. The van der Waals surface area contributed by atoms with E-state index in [2.05, 4.69) is 4.98 Å². The number of aliphatic hydroxyl groups excluding tert-OH is 3. The molecule has 0 unspecified atom stereocenters. The predicted molar refractivity (Wildman–Crippen MR) is 83.8 cm³/mol. The van der Waals surface area contributed by atoms with E-state index in [0.717, 1.165) is 17.9 Å². The van der Waals surface area contributed by atoms with Gasteiger partial charge >= 0.3 is 0 Å². The van der Waals surface area contributed by atoms with Crippen molar-refractivity contribution in [2.75, 3.05) is 18.1 Å². The van der Waals surface area contributed by atoms with Gasteiger partial charge < -0.3 is 24.6 Å². The number of rotatable bonds is 3. The Morgan fingerprint density at radius 1 is 1.32 bits per heavy atom. The van der Waals surface area contributed by atoms with E-state index in [-0.39, 0.29) is 16.7 Å². The molecule has 2 fully saturated rings. The average Bonchev–Trinajstić information content (AvgIpc) is 2.83. The van der Waals surface area contributed by atoms with Gasteiger partial charge in [-0.3, -0.25) is 4.79 Å². The molecule has 0 saturated carbocycles. The molecule has 0 bridgehead atoms. The molecule has 9 heteroatoms. The van der Waals surface area contributed by atoms with E-state index in [1.165, 1.54) is 12.3 Å². The zero-order valence-electron chi connectivity index (χ0n) is 11.7. The van der Waals surface area contributed by atoms with E-state index in [4.69, 9.17) is 4.74 Å². The van der Waals surface area contributed by atoms with E-state index in [0.29, 0.717) is 5.82 Å². The molecule has 3 heterocycles. The van der Waals surface area contributed by atoms with Crippen LogP contribution in [0.1, 0.15) is 23.1 Å². The lowest BCUT2D eigenvalue weighted by molar-refractivity contribution is -0.0545. The van der Waals surface area contributed by atoms with Gasteiger partial charge in [0.05, 0.1) is 6.61 Å². The van der Waals surface area contributed by atoms with Crippen LogP contribution in [0.2, 0.25) is 0 Å². The van der Waals surface area contributed by atoms with Crippen molar-refractivity contribution >= 4 is 23.5 Å². The molecule has 2 aliphatic heterocycles. The highest BCUT2D eigenvalue weighted by molar-refractivity contribution is 8.16. The summed E-state index contributed by atoms with van der Waals surface area (Å²) in [6.45, 7) is -0.384. The molecule has 2 aliphatic rings. The van der Waals surface area contributed by atoms with Crippen molar-refractivity contribution in [3.8, 4) is 0 Å². The largest absolute Gasteiger partial charge is 0.394 e. The van der Waals surface area contributed by atoms with E-state index in [1.54, 1.807) is 28.1 Å². The van der Waals surface area contributed by atoms with Crippen LogP contribution in [-0.4, -0.2) is 61.3 Å². The van der Waals surface area contributed by atoms with Crippen molar-refractivity contribution in [3.05, 3.63) is 28.4 Å². The topological polar surface area (TPSA) is 105 Å². The van der Waals surface area contributed by atoms with Crippen LogP contribution in [0.5, 0.6) is 0 Å². The molecule has 0 radical (unpaired) electrons. The van der Waals surface area contributed by atoms with Crippen molar-refractivity contribution in [2.45, 2.75) is 35.5 Å². The molecule has 7 nitrogen and oxygen atoms in total. The van der Waals surface area contributed by atoms with E-state index >= 15 is 0 Å². The Labute approximate surface area is 135 Å². The van der Waals surface area contributed by atoms with Gasteiger partial charge in [-0.2, -0.15) is 4.98 Å². The fourth-order valence-corrected chi connectivity index (χ4v) is 5.41. The number of ether oxygens (including phenoxy) is 1. The van der Waals surface area contributed by atoms with Crippen LogP contribution in [0.3, 0.4) is 0 Å². The number of hydrogen-bond donors (Lipinski definition) is 3. The van der Waals surface area contributed by atoms with E-state index in [9.17, 15) is 20.1 Å². The van der Waals surface area contributed by atoms with Crippen LogP contribution in [0.4, 0.5) is 0 Å². The second kappa shape index (κ2) is 6.90. The van der Waals surface area contributed by atoms with Crippen molar-refractivity contribution < 1.29 is 20.1 Å². The van der Waals surface area contributed by atoms with Gasteiger partial charge in [0.15, 0.2) is 6.23 Å². The first-order valence-electron chi connectivity index (χ1n) is 7.06. The lowest BCUT2D eigenvalue weighted by Crippen LogP contribution is -2.34. The summed E-state index contributed by atoms with van der Waals surface area (Å²) < 4.78 is 7.13. The number of hydrogen-bond acceptors (Lipinski definition) is 8. The Bertz CT molecular complexity index is 578. The molecule has 0 spiro atoms. The van der Waals surface area contributed by atoms with Gasteiger partial charge in [0.2, 0.25) is 0 Å². The Balaban J connectivity index is 1.94. The summed E-state index contributed by atoms with van der Waals surface area (Å²) in [6, 6.07) is 1.30. The summed E-state index contributed by atoms with van der Waals surface area (Å²) in [5.41, 5.74) is -0.343. The minimum Gasteiger partial charge on any atom is -0.394 e. The maximum absolute atomic E-state index is 11.6. The second-order valence-corrected chi connectivity index (χ2v) is 7.91. The van der Waals surface area contributed by atoms with Crippen LogP contribution in [0, 0.1) is 0 Å². The first-order valence-corrected chi connectivity index (χ1v) is 9.16. The van der Waals surface area contributed by atoms with Crippen LogP contribution in [0.15, 0.2) is 17.1 Å². The number of aliphatic hydroxyl groups is 3. The zero-order chi connectivity index (χ0) is 15.7. The summed E-state index contributed by atoms with van der Waals surface area (Å²) in [5.74, 6) is 2.49. The molecular weight excluding hydrogens is 328 g/mol. The molecule has 2 saturated heterocycles. The Hall–Kier alpha value is -0.580. The van der Waals surface area contributed by atoms with Gasteiger partial charge in [0, 0.05) is 12.3 Å². The third-order valence-electron chi connectivity index (χ3n) is 3.70. The van der Waals surface area contributed by atoms with Crippen molar-refractivity contribution in [2.24, 2.45) is 0 Å². The first-order chi connectivity index (χ1) is 10.6. The molecule has 0 aliphatic carbocycles. The van der Waals surface area contributed by atoms with Gasteiger partial charge in [-0.15, -0.1) is 23.5 Å². The van der Waals surface area contributed by atoms with Crippen LogP contribution in [-0.2, 0) is 4.74 Å². The third-order valence-corrected chi connectivity index (χ3v) is 6.59. The summed E-state index contributed by atoms with van der Waals surface area (Å²) in [4.78, 5) is 15.7. The molecular formula is C13H18N2O5S2. The van der Waals surface area contributed by atoms with E-state index < -0.39 is 24.5 Å². The minimum absolute atomic E-state index is 0.0104. The van der Waals surface area contributed by atoms with Gasteiger partial charge in [0.1, 0.15) is 28.7 Å². The predicted octanol–water partition coefficient (Wildman–Crippen LogP) is -0.277. The fourth-order valence-electron chi connectivity index (χ4n) is 2.56. The molecule has 0 amide bonds. The fraction of sp³-hybridized carbons (Fsp3) is 0.692. The quantitative estimate of drug-likeness (QED) is 0.687. The van der Waals surface area contributed by atoms with Gasteiger partial charge in [-0.25, -0.2) is 0 Å². The number of nitrogens with zero attached hydrogens (tertiary/aromatic N) is 2. The summed E-state index contributed by atoms with van der Waals surface area (Å²) in [5, 5.41) is 29.3. The van der Waals surface area contributed by atoms with Crippen LogP contribution >= 0.6 is 23.5 Å². The number of thioether (sulfide) groups is 2. The van der Waals surface area contributed by atoms with Crippen LogP contribution in [0.25, 0.3) is 0 Å². The Morgan fingerprint density at radius 2 is 2.05 bits per heavy atom. The summed E-state index contributed by atoms with van der Waals surface area (Å²) >= 11 is 3.40. The first kappa shape index (κ1) is 16.3. The van der Waals surface area contributed by atoms with Crippen molar-refractivity contribution in [3.63, 3.8) is 0 Å². The van der Waals surface area contributed by atoms with Gasteiger partial charge in [-0.05, 0) is 17.9 Å². The second-order valence-electron chi connectivity index (χ2n) is 5.19. The Kier molecular flexibility index (Phi) is 5.10. The minimum atomic E-state index is -1.18. The summed E-state index contributed by atoms with van der Waals surface area (Å²) in [7, 11) is 0. The lowest BCUT2D eigenvalue weighted by Gasteiger charge is -2.27. The Morgan fingerprint density at radius 3 is 2.68 bits per heavy atom. The van der Waals surface area contributed by atoms with Crippen molar-refractivity contribution in [1.82, 2.24) is 9.55 Å². The average molecular weight is 346 g/mol. The smallest absolute Gasteiger partial charge is 0.272 e. The normalized spacial score (nSPS) is 33.2. The monoisotopic (exact) mass is 346 g/mol. The van der Waals surface area contributed by atoms with Crippen molar-refractivity contribution in [1.29, 1.82) is 0 Å². The molecule has 0 aromatic carbocycles. The van der Waals surface area contributed by atoms with Crippen LogP contribution < -0.4 is 5.56 Å². The molecule has 1 aromatic rings. The highest BCUT2D eigenvalue weighted by Gasteiger charge is 2.44. The highest BCUT2D eigenvalue weighted by Crippen LogP contribution is 2.44. The lowest BCUT2D eigenvalue weighted by atomic mass is 10.1. The maximum atomic E-state index is 11.6. The maximum Gasteiger partial charge on any atom is 0.272 e. The highest BCUT2D eigenvalue weighted by atomic mass is 32.2. The molecule has 3 rings (SSSR count). The number of aromatic nitrogens is 2. The molecule has 22 heavy (non-hydrogen) atoms. The molecule has 4 atom stereocenters. The van der Waals surface area contributed by atoms with E-state index in [1.807, 2.05) is 0 Å². The SMILES string of the molecule is O=c1ccn([C@H]2O[C@H](CO)[C@@H](O)[C@H]2O)c(C2SCCCS2)n1. The van der Waals surface area contributed by atoms with Gasteiger partial charge in [0.25, 0.3) is 5.56 Å². The van der Waals surface area contributed by atoms with Gasteiger partial charge in [-0.1, -0.05) is 0 Å². The molecule has 1 aromatic heterocycles. The zero-order valence-corrected chi connectivity index (χ0v) is 13.4. The third kappa shape index (κ3) is 3.06.